The van der Waals surface area contributed by atoms with E-state index in [2.05, 4.69) is 5.32 Å². The zero-order valence-corrected chi connectivity index (χ0v) is 8.31. The lowest BCUT2D eigenvalue weighted by Crippen LogP contribution is -2.32. The molecule has 1 rings (SSSR count). The lowest BCUT2D eigenvalue weighted by atomic mass is 10.2. The van der Waals surface area contributed by atoms with E-state index in [4.69, 9.17) is 17.3 Å². The highest BCUT2D eigenvalue weighted by Gasteiger charge is 2.10. The number of nitrogens with two attached hydrogens (primary N) is 1. The van der Waals surface area contributed by atoms with E-state index in [0.717, 1.165) is 6.07 Å². The van der Waals surface area contributed by atoms with Gasteiger partial charge in [0.25, 0.3) is 0 Å². The monoisotopic (exact) mass is 216 g/mol. The molecule has 76 valence electrons. The second-order valence-corrected chi connectivity index (χ2v) is 3.34. The first kappa shape index (κ1) is 10.9. The van der Waals surface area contributed by atoms with Crippen molar-refractivity contribution < 1.29 is 9.18 Å². The first-order chi connectivity index (χ1) is 6.50. The summed E-state index contributed by atoms with van der Waals surface area (Å²) in [6, 6.07) is 3.32. The molecule has 1 aromatic carbocycles. The fraction of sp³-hybridized carbons (Fsp3) is 0.222. The molecule has 0 fully saturated rings. The van der Waals surface area contributed by atoms with Crippen molar-refractivity contribution in [2.24, 2.45) is 5.73 Å². The van der Waals surface area contributed by atoms with Crippen molar-refractivity contribution in [1.82, 2.24) is 0 Å². The Bertz CT molecular complexity index is 355. The van der Waals surface area contributed by atoms with Gasteiger partial charge >= 0.3 is 0 Å². The van der Waals surface area contributed by atoms with E-state index in [0.29, 0.717) is 0 Å². The van der Waals surface area contributed by atoms with Crippen molar-refractivity contribution in [2.45, 2.75) is 13.0 Å². The molecule has 0 bridgehead atoms. The van der Waals surface area contributed by atoms with Gasteiger partial charge in [-0.25, -0.2) is 4.39 Å². The molecule has 14 heavy (non-hydrogen) atoms. The summed E-state index contributed by atoms with van der Waals surface area (Å²) in [7, 11) is 0. The van der Waals surface area contributed by atoms with Crippen LogP contribution in [-0.4, -0.2) is 11.9 Å². The van der Waals surface area contributed by atoms with Gasteiger partial charge in [-0.2, -0.15) is 0 Å². The molecule has 0 unspecified atom stereocenters. The Balaban J connectivity index is 2.82. The van der Waals surface area contributed by atoms with Gasteiger partial charge in [0, 0.05) is 5.02 Å². The highest BCUT2D eigenvalue weighted by Crippen LogP contribution is 2.18. The van der Waals surface area contributed by atoms with Gasteiger partial charge < -0.3 is 11.1 Å². The van der Waals surface area contributed by atoms with Crippen molar-refractivity contribution in [2.75, 3.05) is 5.32 Å². The summed E-state index contributed by atoms with van der Waals surface area (Å²) in [5.74, 6) is -1.02. The minimum absolute atomic E-state index is 0.0803. The Morgan fingerprint density at radius 3 is 2.79 bits per heavy atom. The third kappa shape index (κ3) is 2.68. The molecule has 0 spiro atoms. The Morgan fingerprint density at radius 2 is 2.29 bits per heavy atom. The van der Waals surface area contributed by atoms with E-state index in [1.165, 1.54) is 19.1 Å². The summed E-state index contributed by atoms with van der Waals surface area (Å²) in [6.45, 7) is 1.52. The molecule has 1 aromatic rings. The van der Waals surface area contributed by atoms with E-state index < -0.39 is 17.8 Å². The average molecular weight is 217 g/mol. The largest absolute Gasteiger partial charge is 0.322 e. The van der Waals surface area contributed by atoms with Crippen LogP contribution in [0.5, 0.6) is 0 Å². The van der Waals surface area contributed by atoms with Crippen LogP contribution in [0.1, 0.15) is 6.92 Å². The number of anilines is 1. The van der Waals surface area contributed by atoms with Crippen LogP contribution in [0.3, 0.4) is 0 Å². The molecule has 0 heterocycles. The molecule has 0 saturated heterocycles. The Labute approximate surface area is 86.0 Å². The first-order valence-corrected chi connectivity index (χ1v) is 4.40. The molecule has 0 aliphatic heterocycles. The van der Waals surface area contributed by atoms with Crippen LogP contribution in [-0.2, 0) is 4.79 Å². The zero-order valence-electron chi connectivity index (χ0n) is 7.55. The Morgan fingerprint density at radius 1 is 1.64 bits per heavy atom. The quantitative estimate of drug-likeness (QED) is 0.792. The van der Waals surface area contributed by atoms with E-state index in [1.807, 2.05) is 0 Å². The predicted molar refractivity (Wildman–Crippen MR) is 53.7 cm³/mol. The molecule has 3 nitrogen and oxygen atoms in total. The summed E-state index contributed by atoms with van der Waals surface area (Å²) < 4.78 is 13.1. The predicted octanol–water partition coefficient (Wildman–Crippen LogP) is 1.76. The van der Waals surface area contributed by atoms with Gasteiger partial charge in [0.05, 0.1) is 11.7 Å². The standard InChI is InChI=1S/C9H10ClFN2O/c1-5(12)9(14)13-8-3-2-6(10)4-7(8)11/h2-5H,12H2,1H3,(H,13,14)/t5-/m1/s1. The number of carbonyl (C=O) groups is 1. The number of hydrogen-bond donors (Lipinski definition) is 2. The normalized spacial score (nSPS) is 12.3. The van der Waals surface area contributed by atoms with Crippen molar-refractivity contribution in [3.63, 3.8) is 0 Å². The number of benzene rings is 1. The molecule has 5 heteroatoms. The first-order valence-electron chi connectivity index (χ1n) is 4.02. The van der Waals surface area contributed by atoms with Crippen LogP contribution < -0.4 is 11.1 Å². The lowest BCUT2D eigenvalue weighted by Gasteiger charge is -2.08. The van der Waals surface area contributed by atoms with E-state index in [1.54, 1.807) is 0 Å². The van der Waals surface area contributed by atoms with Crippen LogP contribution in [0.2, 0.25) is 5.02 Å². The second-order valence-electron chi connectivity index (χ2n) is 2.90. The number of rotatable bonds is 2. The molecular weight excluding hydrogens is 207 g/mol. The molecular formula is C9H10ClFN2O. The summed E-state index contributed by atoms with van der Waals surface area (Å²) >= 11 is 5.54. The summed E-state index contributed by atoms with van der Waals surface area (Å²) in [6.07, 6.45) is 0. The lowest BCUT2D eigenvalue weighted by molar-refractivity contribution is -0.117. The van der Waals surface area contributed by atoms with Gasteiger partial charge in [-0.1, -0.05) is 11.6 Å². The second kappa shape index (κ2) is 4.39. The number of halogens is 2. The van der Waals surface area contributed by atoms with Gasteiger partial charge in [0.2, 0.25) is 5.91 Å². The third-order valence-electron chi connectivity index (χ3n) is 1.60. The summed E-state index contributed by atoms with van der Waals surface area (Å²) in [5, 5.41) is 2.62. The van der Waals surface area contributed by atoms with E-state index in [9.17, 15) is 9.18 Å². The van der Waals surface area contributed by atoms with Gasteiger partial charge in [0.1, 0.15) is 5.82 Å². The number of carbonyl (C=O) groups excluding carboxylic acids is 1. The average Bonchev–Trinajstić information content (AvgIpc) is 2.09. The zero-order chi connectivity index (χ0) is 10.7. The smallest absolute Gasteiger partial charge is 0.241 e. The van der Waals surface area contributed by atoms with Crippen molar-refractivity contribution in [1.29, 1.82) is 0 Å². The highest BCUT2D eigenvalue weighted by atomic mass is 35.5. The molecule has 3 N–H and O–H groups in total. The SMILES string of the molecule is C[C@@H](N)C(=O)Nc1ccc(Cl)cc1F. The van der Waals surface area contributed by atoms with Crippen molar-refractivity contribution >= 4 is 23.2 Å². The van der Waals surface area contributed by atoms with Crippen LogP contribution >= 0.6 is 11.6 Å². The van der Waals surface area contributed by atoms with Gasteiger partial charge in [0.15, 0.2) is 0 Å². The molecule has 0 aliphatic carbocycles. The van der Waals surface area contributed by atoms with Crippen molar-refractivity contribution in [3.05, 3.63) is 29.0 Å². The Kier molecular flexibility index (Phi) is 3.43. The maximum absolute atomic E-state index is 13.1. The van der Waals surface area contributed by atoms with Crippen LogP contribution in [0.15, 0.2) is 18.2 Å². The van der Waals surface area contributed by atoms with Crippen molar-refractivity contribution in [3.8, 4) is 0 Å². The molecule has 0 saturated carbocycles. The number of amides is 1. The maximum atomic E-state index is 13.1. The van der Waals surface area contributed by atoms with Crippen LogP contribution in [0, 0.1) is 5.82 Å². The van der Waals surface area contributed by atoms with E-state index >= 15 is 0 Å². The molecule has 0 aliphatic rings. The van der Waals surface area contributed by atoms with Crippen LogP contribution in [0.25, 0.3) is 0 Å². The fourth-order valence-electron chi connectivity index (χ4n) is 0.837. The molecule has 0 aromatic heterocycles. The van der Waals surface area contributed by atoms with Gasteiger partial charge in [-0.15, -0.1) is 0 Å². The summed E-state index contributed by atoms with van der Waals surface area (Å²) in [4.78, 5) is 11.1. The van der Waals surface area contributed by atoms with E-state index in [-0.39, 0.29) is 10.7 Å². The van der Waals surface area contributed by atoms with Gasteiger partial charge in [-0.3, -0.25) is 4.79 Å². The molecule has 1 atom stereocenters. The number of hydrogen-bond acceptors (Lipinski definition) is 2. The van der Waals surface area contributed by atoms with Crippen LogP contribution in [0.4, 0.5) is 10.1 Å². The van der Waals surface area contributed by atoms with Gasteiger partial charge in [-0.05, 0) is 25.1 Å². The molecule has 0 radical (unpaired) electrons. The Hall–Kier alpha value is -1.13. The highest BCUT2D eigenvalue weighted by molar-refractivity contribution is 6.30. The fourth-order valence-corrected chi connectivity index (χ4v) is 0.996. The number of nitrogens with one attached hydrogen (secondary N) is 1. The topological polar surface area (TPSA) is 55.1 Å². The third-order valence-corrected chi connectivity index (χ3v) is 1.84. The minimum Gasteiger partial charge on any atom is -0.322 e. The summed E-state index contributed by atoms with van der Waals surface area (Å²) in [5.41, 5.74) is 5.38. The molecule has 1 amide bonds. The minimum atomic E-state index is -0.676. The maximum Gasteiger partial charge on any atom is 0.241 e.